The minimum Gasteiger partial charge on any atom is -0.456 e. The normalized spacial score (nSPS) is 15.7. The Balaban J connectivity index is 1.48. The van der Waals surface area contributed by atoms with Crippen LogP contribution in [0.5, 0.6) is 11.5 Å². The van der Waals surface area contributed by atoms with Crippen molar-refractivity contribution in [2.24, 2.45) is 0 Å². The van der Waals surface area contributed by atoms with Crippen molar-refractivity contribution in [2.75, 3.05) is 0 Å². The van der Waals surface area contributed by atoms with Gasteiger partial charge in [-0.05, 0) is 68.1 Å². The molecular formula is C28H27N3O4. The minimum atomic E-state index is -0.635. The molecule has 0 saturated carbocycles. The highest BCUT2D eigenvalue weighted by Crippen LogP contribution is 2.34. The number of H-pyrrole nitrogens is 1. The standard InChI is InChI=1S/C28H27N3O4/c1-28(2,3)35-27(33)22-9-8-19(17-4-6-18(7-5-17)23-10-11-25(32)31-23)15-24(22)34-21-14-20-12-13-29-26(20)30-16-21/h4-9,12-16,23H,10-11H2,1-3H3,(H,29,30)(H,31,32). The zero-order valence-corrected chi connectivity index (χ0v) is 19.9. The van der Waals surface area contributed by atoms with Crippen LogP contribution >= 0.6 is 0 Å². The summed E-state index contributed by atoms with van der Waals surface area (Å²) in [7, 11) is 0. The molecule has 0 radical (unpaired) electrons. The zero-order valence-electron chi connectivity index (χ0n) is 19.9. The first-order valence-electron chi connectivity index (χ1n) is 11.6. The van der Waals surface area contributed by atoms with Crippen LogP contribution < -0.4 is 10.1 Å². The van der Waals surface area contributed by atoms with Gasteiger partial charge in [0.25, 0.3) is 0 Å². The molecule has 4 aromatic rings. The van der Waals surface area contributed by atoms with Crippen molar-refractivity contribution >= 4 is 22.9 Å². The fourth-order valence-corrected chi connectivity index (χ4v) is 4.16. The Labute approximate surface area is 203 Å². The average Bonchev–Trinajstić information content (AvgIpc) is 3.46. The number of nitrogens with zero attached hydrogens (tertiary/aromatic N) is 1. The van der Waals surface area contributed by atoms with E-state index in [-0.39, 0.29) is 11.9 Å². The van der Waals surface area contributed by atoms with Crippen molar-refractivity contribution in [3.05, 3.63) is 78.1 Å². The molecule has 0 aliphatic carbocycles. The fraction of sp³-hybridized carbons (Fsp3) is 0.250. The molecule has 7 nitrogen and oxygen atoms in total. The molecule has 2 aromatic carbocycles. The number of carbonyl (C=O) groups excluding carboxylic acids is 2. The highest BCUT2D eigenvalue weighted by atomic mass is 16.6. The third kappa shape index (κ3) is 5.04. The number of nitrogens with one attached hydrogen (secondary N) is 2. The van der Waals surface area contributed by atoms with Gasteiger partial charge in [0, 0.05) is 18.0 Å². The Morgan fingerprint density at radius 3 is 2.51 bits per heavy atom. The molecule has 3 heterocycles. The Morgan fingerprint density at radius 1 is 1.03 bits per heavy atom. The van der Waals surface area contributed by atoms with Crippen molar-refractivity contribution in [3.63, 3.8) is 0 Å². The molecule has 35 heavy (non-hydrogen) atoms. The maximum absolute atomic E-state index is 13.0. The Kier molecular flexibility index (Phi) is 5.76. The number of aromatic nitrogens is 2. The van der Waals surface area contributed by atoms with Gasteiger partial charge in [-0.1, -0.05) is 30.3 Å². The molecule has 1 aliphatic heterocycles. The number of fused-ring (bicyclic) bond motifs is 1. The quantitative estimate of drug-likeness (QED) is 0.354. The molecule has 1 atom stereocenters. The predicted octanol–water partition coefficient (Wildman–Crippen LogP) is 5.93. The second kappa shape index (κ2) is 8.91. The van der Waals surface area contributed by atoms with Crippen LogP contribution in [0.3, 0.4) is 0 Å². The topological polar surface area (TPSA) is 93.3 Å². The SMILES string of the molecule is CC(C)(C)OC(=O)c1ccc(-c2ccc(C3CCC(=O)N3)cc2)cc1Oc1cnc2[nH]ccc2c1. The van der Waals surface area contributed by atoms with E-state index in [0.29, 0.717) is 23.5 Å². The van der Waals surface area contributed by atoms with Crippen LogP contribution in [-0.4, -0.2) is 27.4 Å². The third-order valence-electron chi connectivity index (χ3n) is 5.84. The number of esters is 1. The lowest BCUT2D eigenvalue weighted by Gasteiger charge is -2.21. The summed E-state index contributed by atoms with van der Waals surface area (Å²) in [6.45, 7) is 5.49. The molecule has 0 bridgehead atoms. The summed E-state index contributed by atoms with van der Waals surface area (Å²) < 4.78 is 11.8. The molecule has 7 heteroatoms. The summed E-state index contributed by atoms with van der Waals surface area (Å²) in [5.74, 6) is 0.542. The fourth-order valence-electron chi connectivity index (χ4n) is 4.16. The van der Waals surface area contributed by atoms with Crippen molar-refractivity contribution in [1.82, 2.24) is 15.3 Å². The molecular weight excluding hydrogens is 442 g/mol. The number of aromatic amines is 1. The number of carbonyl (C=O) groups is 2. The Bertz CT molecular complexity index is 1400. The molecule has 1 aliphatic rings. The van der Waals surface area contributed by atoms with Crippen LogP contribution in [0.2, 0.25) is 0 Å². The molecule has 1 fully saturated rings. The number of hydrogen-bond donors (Lipinski definition) is 2. The monoisotopic (exact) mass is 469 g/mol. The predicted molar refractivity (Wildman–Crippen MR) is 133 cm³/mol. The van der Waals surface area contributed by atoms with E-state index in [1.54, 1.807) is 12.3 Å². The van der Waals surface area contributed by atoms with Crippen molar-refractivity contribution in [3.8, 4) is 22.6 Å². The van der Waals surface area contributed by atoms with Gasteiger partial charge in [0.05, 0.1) is 12.2 Å². The van der Waals surface area contributed by atoms with Crippen molar-refractivity contribution in [1.29, 1.82) is 0 Å². The van der Waals surface area contributed by atoms with E-state index in [4.69, 9.17) is 9.47 Å². The van der Waals surface area contributed by atoms with Crippen LogP contribution in [0.4, 0.5) is 0 Å². The van der Waals surface area contributed by atoms with Gasteiger partial charge in [-0.25, -0.2) is 9.78 Å². The molecule has 1 amide bonds. The van der Waals surface area contributed by atoms with Crippen LogP contribution in [-0.2, 0) is 9.53 Å². The smallest absolute Gasteiger partial charge is 0.342 e. The largest absolute Gasteiger partial charge is 0.456 e. The molecule has 1 saturated heterocycles. The first-order valence-corrected chi connectivity index (χ1v) is 11.6. The van der Waals surface area contributed by atoms with Gasteiger partial charge in [0.1, 0.15) is 28.3 Å². The maximum Gasteiger partial charge on any atom is 0.342 e. The molecule has 2 N–H and O–H groups in total. The van der Waals surface area contributed by atoms with E-state index in [1.165, 1.54) is 0 Å². The van der Waals surface area contributed by atoms with Crippen LogP contribution in [0.25, 0.3) is 22.2 Å². The summed E-state index contributed by atoms with van der Waals surface area (Å²) in [5.41, 5.74) is 3.40. The number of benzene rings is 2. The van der Waals surface area contributed by atoms with Crippen molar-refractivity contribution < 1.29 is 19.1 Å². The molecule has 178 valence electrons. The maximum atomic E-state index is 13.0. The molecule has 0 spiro atoms. The van der Waals surface area contributed by atoms with Gasteiger partial charge in [-0.3, -0.25) is 4.79 Å². The summed E-state index contributed by atoms with van der Waals surface area (Å²) in [5, 5.41) is 3.91. The third-order valence-corrected chi connectivity index (χ3v) is 5.84. The van der Waals surface area contributed by atoms with Gasteiger partial charge in [-0.15, -0.1) is 0 Å². The number of ether oxygens (including phenoxy) is 2. The number of hydrogen-bond acceptors (Lipinski definition) is 5. The van der Waals surface area contributed by atoms with E-state index >= 15 is 0 Å². The van der Waals surface area contributed by atoms with E-state index in [9.17, 15) is 9.59 Å². The summed E-state index contributed by atoms with van der Waals surface area (Å²) in [6.07, 6.45) is 4.80. The summed E-state index contributed by atoms with van der Waals surface area (Å²) >= 11 is 0. The molecule has 1 unspecified atom stereocenters. The van der Waals surface area contributed by atoms with Crippen LogP contribution in [0.1, 0.15) is 55.6 Å². The van der Waals surface area contributed by atoms with Gasteiger partial charge >= 0.3 is 5.97 Å². The summed E-state index contributed by atoms with van der Waals surface area (Å²) in [6, 6.07) is 17.4. The van der Waals surface area contributed by atoms with Gasteiger partial charge in [0.2, 0.25) is 5.91 Å². The summed E-state index contributed by atoms with van der Waals surface area (Å²) in [4.78, 5) is 32.0. The number of pyridine rings is 1. The van der Waals surface area contributed by atoms with Gasteiger partial charge in [-0.2, -0.15) is 0 Å². The van der Waals surface area contributed by atoms with E-state index in [0.717, 1.165) is 34.1 Å². The first-order chi connectivity index (χ1) is 16.7. The van der Waals surface area contributed by atoms with Crippen LogP contribution in [0, 0.1) is 0 Å². The van der Waals surface area contributed by atoms with E-state index < -0.39 is 11.6 Å². The second-order valence-corrected chi connectivity index (χ2v) is 9.68. The molecule has 5 rings (SSSR count). The lowest BCUT2D eigenvalue weighted by Crippen LogP contribution is -2.24. The lowest BCUT2D eigenvalue weighted by atomic mass is 9.99. The Hall–Kier alpha value is -4.13. The van der Waals surface area contributed by atoms with E-state index in [1.807, 2.05) is 75.5 Å². The van der Waals surface area contributed by atoms with Gasteiger partial charge in [0.15, 0.2) is 0 Å². The Morgan fingerprint density at radius 2 is 1.80 bits per heavy atom. The number of amides is 1. The highest BCUT2D eigenvalue weighted by Gasteiger charge is 2.24. The van der Waals surface area contributed by atoms with Crippen LogP contribution in [0.15, 0.2) is 67.0 Å². The first kappa shape index (κ1) is 22.7. The zero-order chi connectivity index (χ0) is 24.6. The minimum absolute atomic E-state index is 0.0563. The van der Waals surface area contributed by atoms with Gasteiger partial charge < -0.3 is 19.8 Å². The molecule has 2 aromatic heterocycles. The second-order valence-electron chi connectivity index (χ2n) is 9.68. The average molecular weight is 470 g/mol. The lowest BCUT2D eigenvalue weighted by molar-refractivity contribution is -0.119. The van der Waals surface area contributed by atoms with Crippen molar-refractivity contribution in [2.45, 2.75) is 45.3 Å². The highest BCUT2D eigenvalue weighted by molar-refractivity contribution is 5.94. The van der Waals surface area contributed by atoms with E-state index in [2.05, 4.69) is 15.3 Å². The number of rotatable bonds is 5.